The number of fused-ring (bicyclic) bond motifs is 3. The van der Waals surface area contributed by atoms with Crippen LogP contribution in [0.3, 0.4) is 0 Å². The lowest BCUT2D eigenvalue weighted by molar-refractivity contribution is 1.20. The molecule has 0 bridgehead atoms. The number of aromatic nitrogens is 2. The fraction of sp³-hybridized carbons (Fsp3) is 0.100. The lowest BCUT2D eigenvalue weighted by Gasteiger charge is -2.15. The first-order valence-electron chi connectivity index (χ1n) is 7.99. The number of hydrogen-bond acceptors (Lipinski definition) is 4. The van der Waals surface area contributed by atoms with Gasteiger partial charge >= 0.3 is 0 Å². The van der Waals surface area contributed by atoms with Gasteiger partial charge in [0.15, 0.2) is 0 Å². The minimum absolute atomic E-state index is 0.989. The zero-order valence-corrected chi connectivity index (χ0v) is 13.8. The minimum atomic E-state index is 0.989. The van der Waals surface area contributed by atoms with E-state index >= 15 is 0 Å². The molecule has 4 heteroatoms. The number of nitrogens with one attached hydrogen (secondary N) is 1. The summed E-state index contributed by atoms with van der Waals surface area (Å²) in [6, 6.07) is 18.7. The summed E-state index contributed by atoms with van der Waals surface area (Å²) in [6.07, 6.45) is 1.85. The monoisotopic (exact) mass is 329 g/mol. The molecule has 0 amide bonds. The van der Waals surface area contributed by atoms with Gasteiger partial charge < -0.3 is 5.32 Å². The molecular formula is C20H15N3S. The molecule has 5 rings (SSSR count). The molecule has 1 aliphatic rings. The van der Waals surface area contributed by atoms with Gasteiger partial charge in [0.2, 0.25) is 0 Å². The molecule has 0 saturated carbocycles. The third kappa shape index (κ3) is 2.14. The maximum Gasteiger partial charge on any atom is 0.0936 e. The summed E-state index contributed by atoms with van der Waals surface area (Å²) in [5.74, 6) is 2.00. The molecule has 0 unspecified atom stereocenters. The van der Waals surface area contributed by atoms with Crippen molar-refractivity contribution in [3.8, 4) is 0 Å². The molecule has 0 saturated heterocycles. The zero-order chi connectivity index (χ0) is 15.9. The predicted molar refractivity (Wildman–Crippen MR) is 102 cm³/mol. The van der Waals surface area contributed by atoms with Crippen LogP contribution in [0.5, 0.6) is 0 Å². The fourth-order valence-corrected chi connectivity index (χ4v) is 4.36. The van der Waals surface area contributed by atoms with E-state index in [1.165, 1.54) is 22.3 Å². The van der Waals surface area contributed by atoms with Crippen LogP contribution in [0.4, 0.5) is 11.4 Å². The van der Waals surface area contributed by atoms with Crippen LogP contribution in [-0.2, 0) is 11.5 Å². The lowest BCUT2D eigenvalue weighted by atomic mass is 10.1. The van der Waals surface area contributed by atoms with E-state index in [0.717, 1.165) is 33.6 Å². The zero-order valence-electron chi connectivity index (χ0n) is 13.0. The smallest absolute Gasteiger partial charge is 0.0936 e. The SMILES string of the molecule is c1cnc2c(Nc3c4c(nc5ccccc35)CSC4)cccc2c1. The van der Waals surface area contributed by atoms with Crippen molar-refractivity contribution < 1.29 is 0 Å². The number of para-hydroxylation sites is 2. The number of rotatable bonds is 2. The Morgan fingerprint density at radius 2 is 1.83 bits per heavy atom. The first kappa shape index (κ1) is 13.8. The maximum absolute atomic E-state index is 4.84. The van der Waals surface area contributed by atoms with Crippen LogP contribution in [0.2, 0.25) is 0 Å². The third-order valence-electron chi connectivity index (χ3n) is 4.46. The van der Waals surface area contributed by atoms with E-state index in [-0.39, 0.29) is 0 Å². The minimum Gasteiger partial charge on any atom is -0.353 e. The number of benzene rings is 2. The van der Waals surface area contributed by atoms with Crippen molar-refractivity contribution in [3.63, 3.8) is 0 Å². The van der Waals surface area contributed by atoms with Crippen LogP contribution in [0.1, 0.15) is 11.3 Å². The van der Waals surface area contributed by atoms with Crippen LogP contribution in [0.15, 0.2) is 60.8 Å². The second-order valence-electron chi connectivity index (χ2n) is 5.93. The van der Waals surface area contributed by atoms with Crippen molar-refractivity contribution in [1.82, 2.24) is 9.97 Å². The topological polar surface area (TPSA) is 37.8 Å². The van der Waals surface area contributed by atoms with Gasteiger partial charge in [-0.1, -0.05) is 36.4 Å². The summed E-state index contributed by atoms with van der Waals surface area (Å²) >= 11 is 1.92. The summed E-state index contributed by atoms with van der Waals surface area (Å²) in [5, 5.41) is 5.99. The fourth-order valence-electron chi connectivity index (χ4n) is 3.31. The number of anilines is 2. The van der Waals surface area contributed by atoms with E-state index < -0.39 is 0 Å². The summed E-state index contributed by atoms with van der Waals surface area (Å²) in [6.45, 7) is 0. The Bertz CT molecular complexity index is 1070. The van der Waals surface area contributed by atoms with Crippen LogP contribution >= 0.6 is 11.8 Å². The Morgan fingerprint density at radius 3 is 2.83 bits per heavy atom. The van der Waals surface area contributed by atoms with E-state index in [0.29, 0.717) is 0 Å². The lowest BCUT2D eigenvalue weighted by Crippen LogP contribution is -2.00. The van der Waals surface area contributed by atoms with Crippen LogP contribution in [0, 0.1) is 0 Å². The summed E-state index contributed by atoms with van der Waals surface area (Å²) in [4.78, 5) is 9.41. The highest BCUT2D eigenvalue weighted by molar-refractivity contribution is 7.98. The van der Waals surface area contributed by atoms with E-state index in [2.05, 4.69) is 52.8 Å². The highest BCUT2D eigenvalue weighted by Crippen LogP contribution is 2.40. The van der Waals surface area contributed by atoms with Gasteiger partial charge in [0.1, 0.15) is 0 Å². The third-order valence-corrected chi connectivity index (χ3v) is 5.43. The van der Waals surface area contributed by atoms with E-state index in [4.69, 9.17) is 4.98 Å². The van der Waals surface area contributed by atoms with Crippen molar-refractivity contribution in [2.45, 2.75) is 11.5 Å². The molecule has 0 radical (unpaired) electrons. The van der Waals surface area contributed by atoms with Crippen LogP contribution < -0.4 is 5.32 Å². The molecule has 2 aromatic heterocycles. The van der Waals surface area contributed by atoms with Gasteiger partial charge in [-0.05, 0) is 18.2 Å². The normalized spacial score (nSPS) is 13.3. The van der Waals surface area contributed by atoms with Gasteiger partial charge in [-0.25, -0.2) is 0 Å². The second kappa shape index (κ2) is 5.49. The first-order chi connectivity index (χ1) is 11.9. The van der Waals surface area contributed by atoms with Gasteiger partial charge in [0.05, 0.1) is 28.1 Å². The molecule has 0 fully saturated rings. The van der Waals surface area contributed by atoms with Gasteiger partial charge in [-0.15, -0.1) is 0 Å². The molecule has 3 heterocycles. The quantitative estimate of drug-likeness (QED) is 0.543. The Kier molecular flexibility index (Phi) is 3.16. The highest BCUT2D eigenvalue weighted by atomic mass is 32.2. The Morgan fingerprint density at radius 1 is 0.917 bits per heavy atom. The van der Waals surface area contributed by atoms with Crippen molar-refractivity contribution in [2.75, 3.05) is 5.32 Å². The molecule has 0 spiro atoms. The molecule has 116 valence electrons. The Labute approximate surface area is 144 Å². The number of thioether (sulfide) groups is 1. The van der Waals surface area contributed by atoms with Crippen molar-refractivity contribution in [1.29, 1.82) is 0 Å². The van der Waals surface area contributed by atoms with Crippen molar-refractivity contribution in [2.24, 2.45) is 0 Å². The van der Waals surface area contributed by atoms with E-state index in [9.17, 15) is 0 Å². The Balaban J connectivity index is 1.75. The van der Waals surface area contributed by atoms with Crippen molar-refractivity contribution in [3.05, 3.63) is 72.1 Å². The van der Waals surface area contributed by atoms with E-state index in [1.807, 2.05) is 30.1 Å². The van der Waals surface area contributed by atoms with Crippen LogP contribution in [0.25, 0.3) is 21.8 Å². The Hall–Kier alpha value is -2.59. The van der Waals surface area contributed by atoms with Gasteiger partial charge in [-0.2, -0.15) is 11.8 Å². The number of nitrogens with zero attached hydrogens (tertiary/aromatic N) is 2. The molecule has 24 heavy (non-hydrogen) atoms. The summed E-state index contributed by atoms with van der Waals surface area (Å²) in [5.41, 5.74) is 6.80. The molecular weight excluding hydrogens is 314 g/mol. The maximum atomic E-state index is 4.84. The van der Waals surface area contributed by atoms with E-state index in [1.54, 1.807) is 0 Å². The first-order valence-corrected chi connectivity index (χ1v) is 9.14. The summed E-state index contributed by atoms with van der Waals surface area (Å²) in [7, 11) is 0. The average Bonchev–Trinajstić information content (AvgIpc) is 3.10. The molecule has 1 aliphatic heterocycles. The standard InChI is InChI=1S/C20H15N3S/c1-2-8-16-14(7-1)20(15-11-24-12-18(15)22-16)23-17-9-3-5-13-6-4-10-21-19(13)17/h1-10H,11-12H2,(H,22,23). The molecule has 0 aliphatic carbocycles. The van der Waals surface area contributed by atoms with Gasteiger partial charge in [-0.3, -0.25) is 9.97 Å². The molecule has 4 aromatic rings. The van der Waals surface area contributed by atoms with Gasteiger partial charge in [0.25, 0.3) is 0 Å². The predicted octanol–water partition coefficient (Wildman–Crippen LogP) is 5.27. The van der Waals surface area contributed by atoms with Crippen LogP contribution in [-0.4, -0.2) is 9.97 Å². The average molecular weight is 329 g/mol. The number of hydrogen-bond donors (Lipinski definition) is 1. The number of pyridine rings is 2. The highest BCUT2D eigenvalue weighted by Gasteiger charge is 2.20. The molecule has 0 atom stereocenters. The van der Waals surface area contributed by atoms with Crippen molar-refractivity contribution >= 4 is 44.9 Å². The largest absolute Gasteiger partial charge is 0.353 e. The molecule has 2 aromatic carbocycles. The molecule has 3 nitrogen and oxygen atoms in total. The molecule has 1 N–H and O–H groups in total. The second-order valence-corrected chi connectivity index (χ2v) is 6.91. The summed E-state index contributed by atoms with van der Waals surface area (Å²) < 4.78 is 0. The van der Waals surface area contributed by atoms with Gasteiger partial charge in [0, 0.05) is 34.0 Å².